The van der Waals surface area contributed by atoms with Crippen LogP contribution in [0.25, 0.3) is 6.08 Å². The Balaban J connectivity index is 1.40. The summed E-state index contributed by atoms with van der Waals surface area (Å²) in [4.78, 5) is 32.5. The molecule has 1 fully saturated rings. The standard InChI is InChI=1S/C22H25N3O2S/c1-17(26)25-9-8-18-5-2-3-7-20(18)21(25)15-22(27)24-12-10-23(11-13-24)16-19-6-4-14-28-19/h2-9,14,21H,10-13,15-16H2,1H3. The van der Waals surface area contributed by atoms with Gasteiger partial charge in [0.05, 0.1) is 12.5 Å². The predicted molar refractivity (Wildman–Crippen MR) is 112 cm³/mol. The molecular formula is C22H25N3O2S. The van der Waals surface area contributed by atoms with Crippen LogP contribution in [0.3, 0.4) is 0 Å². The number of carbonyl (C=O) groups excluding carboxylic acids is 2. The molecule has 1 aromatic carbocycles. The van der Waals surface area contributed by atoms with E-state index >= 15 is 0 Å². The topological polar surface area (TPSA) is 43.9 Å². The molecule has 6 heteroatoms. The summed E-state index contributed by atoms with van der Waals surface area (Å²) in [7, 11) is 0. The van der Waals surface area contributed by atoms with E-state index in [0.29, 0.717) is 6.42 Å². The summed E-state index contributed by atoms with van der Waals surface area (Å²) in [6.07, 6.45) is 4.08. The van der Waals surface area contributed by atoms with Crippen LogP contribution in [-0.2, 0) is 16.1 Å². The summed E-state index contributed by atoms with van der Waals surface area (Å²) in [6.45, 7) is 5.78. The summed E-state index contributed by atoms with van der Waals surface area (Å²) in [5.74, 6) is 0.0847. The Morgan fingerprint density at radius 1 is 1.07 bits per heavy atom. The molecule has 0 aliphatic carbocycles. The molecule has 2 aliphatic heterocycles. The van der Waals surface area contributed by atoms with E-state index in [1.165, 1.54) is 4.88 Å². The Kier molecular flexibility index (Phi) is 5.59. The summed E-state index contributed by atoms with van der Waals surface area (Å²) in [5.41, 5.74) is 2.13. The van der Waals surface area contributed by atoms with Crippen molar-refractivity contribution in [1.82, 2.24) is 14.7 Å². The number of carbonyl (C=O) groups is 2. The molecule has 5 nitrogen and oxygen atoms in total. The zero-order chi connectivity index (χ0) is 19.5. The highest BCUT2D eigenvalue weighted by Crippen LogP contribution is 2.33. The van der Waals surface area contributed by atoms with Gasteiger partial charge < -0.3 is 9.80 Å². The van der Waals surface area contributed by atoms with Crippen molar-refractivity contribution in [3.05, 3.63) is 64.0 Å². The Morgan fingerprint density at radius 2 is 1.86 bits per heavy atom. The number of amides is 2. The molecule has 0 saturated carbocycles. The van der Waals surface area contributed by atoms with Gasteiger partial charge in [0.15, 0.2) is 0 Å². The van der Waals surface area contributed by atoms with Gasteiger partial charge in [-0.1, -0.05) is 30.3 Å². The van der Waals surface area contributed by atoms with Gasteiger partial charge in [-0.15, -0.1) is 11.3 Å². The molecule has 4 rings (SSSR count). The summed E-state index contributed by atoms with van der Waals surface area (Å²) in [6, 6.07) is 12.0. The van der Waals surface area contributed by atoms with E-state index in [1.807, 2.05) is 41.4 Å². The van der Waals surface area contributed by atoms with E-state index in [4.69, 9.17) is 0 Å². The van der Waals surface area contributed by atoms with Crippen molar-refractivity contribution < 1.29 is 9.59 Å². The van der Waals surface area contributed by atoms with Gasteiger partial charge in [-0.05, 0) is 28.6 Å². The number of hydrogen-bond donors (Lipinski definition) is 0. The normalized spacial score (nSPS) is 19.5. The van der Waals surface area contributed by atoms with Crippen molar-refractivity contribution in [3.63, 3.8) is 0 Å². The van der Waals surface area contributed by atoms with E-state index in [1.54, 1.807) is 23.2 Å². The maximum Gasteiger partial charge on any atom is 0.225 e. The monoisotopic (exact) mass is 395 g/mol. The number of benzene rings is 1. The van der Waals surface area contributed by atoms with Crippen molar-refractivity contribution in [2.24, 2.45) is 0 Å². The van der Waals surface area contributed by atoms with Crippen LogP contribution < -0.4 is 0 Å². The lowest BCUT2D eigenvalue weighted by Crippen LogP contribution is -2.49. The molecule has 1 atom stereocenters. The molecule has 1 aromatic heterocycles. The van der Waals surface area contributed by atoms with Gasteiger partial charge in [0.1, 0.15) is 0 Å². The molecule has 2 aromatic rings. The van der Waals surface area contributed by atoms with Gasteiger partial charge in [-0.3, -0.25) is 14.5 Å². The van der Waals surface area contributed by atoms with Crippen LogP contribution in [0.1, 0.15) is 35.4 Å². The first-order valence-corrected chi connectivity index (χ1v) is 10.6. The molecule has 2 aliphatic rings. The molecular weight excluding hydrogens is 370 g/mol. The molecule has 2 amide bonds. The minimum atomic E-state index is -0.227. The third-order valence-corrected chi connectivity index (χ3v) is 6.38. The predicted octanol–water partition coefficient (Wildman–Crippen LogP) is 3.36. The Morgan fingerprint density at radius 3 is 2.57 bits per heavy atom. The van der Waals surface area contributed by atoms with Crippen LogP contribution in [0.2, 0.25) is 0 Å². The third kappa shape index (κ3) is 4.03. The molecule has 1 unspecified atom stereocenters. The van der Waals surface area contributed by atoms with E-state index in [0.717, 1.165) is 43.9 Å². The van der Waals surface area contributed by atoms with E-state index in [-0.39, 0.29) is 17.9 Å². The van der Waals surface area contributed by atoms with Crippen LogP contribution in [0.15, 0.2) is 48.0 Å². The first kappa shape index (κ1) is 18.9. The second kappa shape index (κ2) is 8.29. The van der Waals surface area contributed by atoms with Crippen molar-refractivity contribution in [2.45, 2.75) is 25.9 Å². The second-order valence-corrected chi connectivity index (χ2v) is 8.36. The molecule has 28 heavy (non-hydrogen) atoms. The van der Waals surface area contributed by atoms with Crippen molar-refractivity contribution in [3.8, 4) is 0 Å². The van der Waals surface area contributed by atoms with Crippen LogP contribution in [0.4, 0.5) is 0 Å². The molecule has 146 valence electrons. The van der Waals surface area contributed by atoms with Crippen molar-refractivity contribution in [1.29, 1.82) is 0 Å². The first-order valence-electron chi connectivity index (χ1n) is 9.70. The molecule has 0 bridgehead atoms. The van der Waals surface area contributed by atoms with Gasteiger partial charge in [0.25, 0.3) is 0 Å². The lowest BCUT2D eigenvalue weighted by Gasteiger charge is -2.37. The fraction of sp³-hybridized carbons (Fsp3) is 0.364. The highest BCUT2D eigenvalue weighted by atomic mass is 32.1. The van der Waals surface area contributed by atoms with Crippen LogP contribution in [0.5, 0.6) is 0 Å². The maximum atomic E-state index is 13.0. The van der Waals surface area contributed by atoms with Gasteiger partial charge in [0.2, 0.25) is 11.8 Å². The Hall–Kier alpha value is -2.44. The second-order valence-electron chi connectivity index (χ2n) is 7.33. The SMILES string of the molecule is CC(=O)N1C=Cc2ccccc2C1CC(=O)N1CCN(Cc2cccs2)CC1. The smallest absolute Gasteiger partial charge is 0.225 e. The number of hydrogen-bond acceptors (Lipinski definition) is 4. The number of rotatable bonds is 4. The zero-order valence-corrected chi connectivity index (χ0v) is 16.9. The maximum absolute atomic E-state index is 13.0. The minimum Gasteiger partial charge on any atom is -0.340 e. The van der Waals surface area contributed by atoms with E-state index < -0.39 is 0 Å². The van der Waals surface area contributed by atoms with Gasteiger partial charge in [0, 0.05) is 50.7 Å². The Labute approximate surface area is 169 Å². The third-order valence-electron chi connectivity index (χ3n) is 5.52. The quantitative estimate of drug-likeness (QED) is 0.797. The number of fused-ring (bicyclic) bond motifs is 1. The number of thiophene rings is 1. The average molecular weight is 396 g/mol. The Bertz CT molecular complexity index is 870. The molecule has 3 heterocycles. The van der Waals surface area contributed by atoms with Gasteiger partial charge >= 0.3 is 0 Å². The molecule has 0 N–H and O–H groups in total. The largest absolute Gasteiger partial charge is 0.340 e. The van der Waals surface area contributed by atoms with Gasteiger partial charge in [-0.2, -0.15) is 0 Å². The highest BCUT2D eigenvalue weighted by molar-refractivity contribution is 7.09. The molecule has 0 spiro atoms. The highest BCUT2D eigenvalue weighted by Gasteiger charge is 2.30. The number of piperazine rings is 1. The van der Waals surface area contributed by atoms with E-state index in [9.17, 15) is 9.59 Å². The van der Waals surface area contributed by atoms with Crippen LogP contribution in [0, 0.1) is 0 Å². The lowest BCUT2D eigenvalue weighted by molar-refractivity contribution is -0.136. The summed E-state index contributed by atoms with van der Waals surface area (Å²) >= 11 is 1.78. The fourth-order valence-corrected chi connectivity index (χ4v) is 4.73. The minimum absolute atomic E-state index is 0.0377. The van der Waals surface area contributed by atoms with Crippen molar-refractivity contribution in [2.75, 3.05) is 26.2 Å². The molecule has 0 radical (unpaired) electrons. The van der Waals surface area contributed by atoms with Gasteiger partial charge in [-0.25, -0.2) is 0 Å². The lowest BCUT2D eigenvalue weighted by atomic mass is 9.93. The van der Waals surface area contributed by atoms with Crippen LogP contribution in [-0.4, -0.2) is 52.7 Å². The summed E-state index contributed by atoms with van der Waals surface area (Å²) in [5, 5.41) is 2.10. The first-order chi connectivity index (χ1) is 13.6. The number of nitrogens with zero attached hydrogens (tertiary/aromatic N) is 3. The van der Waals surface area contributed by atoms with E-state index in [2.05, 4.69) is 22.4 Å². The fourth-order valence-electron chi connectivity index (χ4n) is 3.99. The zero-order valence-electron chi connectivity index (χ0n) is 16.1. The molecule has 1 saturated heterocycles. The average Bonchev–Trinajstić information content (AvgIpc) is 3.21. The van der Waals surface area contributed by atoms with Crippen molar-refractivity contribution >= 4 is 29.2 Å². The summed E-state index contributed by atoms with van der Waals surface area (Å²) < 4.78 is 0. The van der Waals surface area contributed by atoms with Crippen LogP contribution >= 0.6 is 11.3 Å².